The van der Waals surface area contributed by atoms with Gasteiger partial charge in [0, 0.05) is 40.9 Å². The SMILES string of the molecule is COc1ccccc1CNC(=O)c1c2c(nn1C)-c1ccccc1SC2. The lowest BCUT2D eigenvalue weighted by molar-refractivity contribution is 0.0940. The number of carbonyl (C=O) groups is 1. The third kappa shape index (κ3) is 2.86. The molecule has 1 aliphatic rings. The molecule has 0 aliphatic carbocycles. The van der Waals surface area contributed by atoms with Gasteiger partial charge in [-0.1, -0.05) is 36.4 Å². The van der Waals surface area contributed by atoms with Crippen LogP contribution in [-0.2, 0) is 19.3 Å². The van der Waals surface area contributed by atoms with E-state index in [1.54, 1.807) is 23.6 Å². The molecular weight excluding hydrogens is 346 g/mol. The van der Waals surface area contributed by atoms with Crippen molar-refractivity contribution >= 4 is 17.7 Å². The van der Waals surface area contributed by atoms with Crippen molar-refractivity contribution in [2.45, 2.75) is 17.2 Å². The maximum Gasteiger partial charge on any atom is 0.270 e. The summed E-state index contributed by atoms with van der Waals surface area (Å²) in [5.74, 6) is 1.40. The number of aromatic nitrogens is 2. The van der Waals surface area contributed by atoms with E-state index < -0.39 is 0 Å². The number of hydrogen-bond acceptors (Lipinski definition) is 4. The van der Waals surface area contributed by atoms with Crippen molar-refractivity contribution in [2.75, 3.05) is 7.11 Å². The standard InChI is InChI=1S/C20H19N3O2S/c1-23-19(20(24)21-11-13-7-3-5-9-16(13)25-2)15-12-26-17-10-6-4-8-14(17)18(15)22-23/h3-10H,11-12H2,1-2H3,(H,21,24). The minimum absolute atomic E-state index is 0.118. The summed E-state index contributed by atoms with van der Waals surface area (Å²) in [5.41, 5.74) is 4.56. The van der Waals surface area contributed by atoms with Gasteiger partial charge in [-0.3, -0.25) is 9.48 Å². The van der Waals surface area contributed by atoms with Crippen molar-refractivity contribution < 1.29 is 9.53 Å². The van der Waals surface area contributed by atoms with Crippen LogP contribution in [-0.4, -0.2) is 22.8 Å². The molecule has 4 rings (SSSR count). The fourth-order valence-corrected chi connectivity index (χ4v) is 4.32. The normalized spacial score (nSPS) is 12.2. The third-order valence-electron chi connectivity index (χ3n) is 4.51. The zero-order valence-electron chi connectivity index (χ0n) is 14.7. The second kappa shape index (κ2) is 6.88. The van der Waals surface area contributed by atoms with Crippen LogP contribution in [0, 0.1) is 0 Å². The molecule has 1 N–H and O–H groups in total. The zero-order chi connectivity index (χ0) is 18.1. The Morgan fingerprint density at radius 2 is 2.00 bits per heavy atom. The molecule has 2 aromatic carbocycles. The van der Waals surface area contributed by atoms with Crippen LogP contribution < -0.4 is 10.1 Å². The molecule has 1 amide bonds. The summed E-state index contributed by atoms with van der Waals surface area (Å²) in [4.78, 5) is 14.1. The van der Waals surface area contributed by atoms with E-state index >= 15 is 0 Å². The fraction of sp³-hybridized carbons (Fsp3) is 0.200. The molecule has 0 saturated carbocycles. The first-order valence-corrected chi connectivity index (χ1v) is 9.35. The largest absolute Gasteiger partial charge is 0.496 e. The molecule has 1 aromatic heterocycles. The van der Waals surface area contributed by atoms with Crippen molar-refractivity contribution in [2.24, 2.45) is 7.05 Å². The maximum absolute atomic E-state index is 12.9. The summed E-state index contributed by atoms with van der Waals surface area (Å²) in [6, 6.07) is 15.9. The number of ether oxygens (including phenoxy) is 1. The quantitative estimate of drug-likeness (QED) is 0.767. The van der Waals surface area contributed by atoms with Gasteiger partial charge in [-0.2, -0.15) is 5.10 Å². The molecule has 0 bridgehead atoms. The number of para-hydroxylation sites is 1. The van der Waals surface area contributed by atoms with Crippen LogP contribution >= 0.6 is 11.8 Å². The van der Waals surface area contributed by atoms with E-state index in [2.05, 4.69) is 22.5 Å². The van der Waals surface area contributed by atoms with Crippen LogP contribution in [0.15, 0.2) is 53.4 Å². The predicted molar refractivity (Wildman–Crippen MR) is 102 cm³/mol. The molecule has 0 radical (unpaired) electrons. The Morgan fingerprint density at radius 1 is 1.23 bits per heavy atom. The first kappa shape index (κ1) is 16.7. The number of benzene rings is 2. The van der Waals surface area contributed by atoms with Crippen LogP contribution in [0.2, 0.25) is 0 Å². The van der Waals surface area contributed by atoms with Crippen LogP contribution in [0.1, 0.15) is 21.6 Å². The van der Waals surface area contributed by atoms with Gasteiger partial charge in [0.15, 0.2) is 0 Å². The smallest absolute Gasteiger partial charge is 0.270 e. The number of aryl methyl sites for hydroxylation is 1. The summed E-state index contributed by atoms with van der Waals surface area (Å²) in [7, 11) is 3.45. The number of rotatable bonds is 4. The first-order chi connectivity index (χ1) is 12.7. The number of nitrogens with zero attached hydrogens (tertiary/aromatic N) is 2. The van der Waals surface area contributed by atoms with Crippen molar-refractivity contribution in [1.29, 1.82) is 0 Å². The molecule has 132 valence electrons. The molecule has 3 aromatic rings. The molecular formula is C20H19N3O2S. The Labute approximate surface area is 156 Å². The van der Waals surface area contributed by atoms with E-state index in [-0.39, 0.29) is 5.91 Å². The summed E-state index contributed by atoms with van der Waals surface area (Å²) >= 11 is 1.74. The van der Waals surface area contributed by atoms with Crippen LogP contribution in [0.25, 0.3) is 11.3 Å². The molecule has 5 nitrogen and oxygen atoms in total. The minimum atomic E-state index is -0.118. The number of carbonyl (C=O) groups excluding carboxylic acids is 1. The number of thioether (sulfide) groups is 1. The minimum Gasteiger partial charge on any atom is -0.496 e. The second-order valence-electron chi connectivity index (χ2n) is 6.08. The molecule has 0 atom stereocenters. The molecule has 0 spiro atoms. The highest BCUT2D eigenvalue weighted by molar-refractivity contribution is 7.98. The van der Waals surface area contributed by atoms with E-state index in [4.69, 9.17) is 4.74 Å². The Morgan fingerprint density at radius 3 is 2.85 bits per heavy atom. The maximum atomic E-state index is 12.9. The van der Waals surface area contributed by atoms with E-state index in [9.17, 15) is 4.79 Å². The summed E-state index contributed by atoms with van der Waals surface area (Å²) in [6.07, 6.45) is 0. The average molecular weight is 365 g/mol. The van der Waals surface area contributed by atoms with Crippen LogP contribution in [0.3, 0.4) is 0 Å². The summed E-state index contributed by atoms with van der Waals surface area (Å²) in [5, 5.41) is 7.62. The van der Waals surface area contributed by atoms with Gasteiger partial charge < -0.3 is 10.1 Å². The van der Waals surface area contributed by atoms with Crippen molar-refractivity contribution in [3.63, 3.8) is 0 Å². The monoisotopic (exact) mass is 365 g/mol. The van der Waals surface area contributed by atoms with E-state index in [1.807, 2.05) is 43.4 Å². The Kier molecular flexibility index (Phi) is 4.42. The number of nitrogens with one attached hydrogen (secondary N) is 1. The van der Waals surface area contributed by atoms with E-state index in [0.717, 1.165) is 33.9 Å². The van der Waals surface area contributed by atoms with Crippen LogP contribution in [0.5, 0.6) is 5.75 Å². The van der Waals surface area contributed by atoms with Crippen molar-refractivity contribution in [1.82, 2.24) is 15.1 Å². The highest BCUT2D eigenvalue weighted by atomic mass is 32.2. The van der Waals surface area contributed by atoms with Crippen LogP contribution in [0.4, 0.5) is 0 Å². The van der Waals surface area contributed by atoms with Gasteiger partial charge in [-0.25, -0.2) is 0 Å². The number of fused-ring (bicyclic) bond motifs is 3. The van der Waals surface area contributed by atoms with Gasteiger partial charge >= 0.3 is 0 Å². The molecule has 2 heterocycles. The van der Waals surface area contributed by atoms with Gasteiger partial charge in [-0.05, 0) is 12.1 Å². The van der Waals surface area contributed by atoms with E-state index in [1.165, 1.54) is 4.90 Å². The number of methoxy groups -OCH3 is 1. The molecule has 6 heteroatoms. The molecule has 0 fully saturated rings. The zero-order valence-corrected chi connectivity index (χ0v) is 15.5. The Hall–Kier alpha value is -2.73. The molecule has 0 saturated heterocycles. The molecule has 1 aliphatic heterocycles. The average Bonchev–Trinajstić information content (AvgIpc) is 3.02. The predicted octanol–water partition coefficient (Wildman–Crippen LogP) is 3.63. The fourth-order valence-electron chi connectivity index (χ4n) is 3.25. The van der Waals surface area contributed by atoms with Gasteiger partial charge in [-0.15, -0.1) is 11.8 Å². The lowest BCUT2D eigenvalue weighted by Gasteiger charge is -2.15. The number of hydrogen-bond donors (Lipinski definition) is 1. The Balaban J connectivity index is 1.61. The highest BCUT2D eigenvalue weighted by Crippen LogP contribution is 2.41. The van der Waals surface area contributed by atoms with E-state index in [0.29, 0.717) is 12.2 Å². The highest BCUT2D eigenvalue weighted by Gasteiger charge is 2.27. The third-order valence-corrected chi connectivity index (χ3v) is 5.61. The topological polar surface area (TPSA) is 56.1 Å². The molecule has 26 heavy (non-hydrogen) atoms. The van der Waals surface area contributed by atoms with Crippen molar-refractivity contribution in [3.8, 4) is 17.0 Å². The van der Waals surface area contributed by atoms with Crippen molar-refractivity contribution in [3.05, 3.63) is 65.4 Å². The number of amides is 1. The van der Waals surface area contributed by atoms with Gasteiger partial charge in [0.2, 0.25) is 0 Å². The van der Waals surface area contributed by atoms with Gasteiger partial charge in [0.1, 0.15) is 11.4 Å². The van der Waals surface area contributed by atoms with Gasteiger partial charge in [0.25, 0.3) is 5.91 Å². The summed E-state index contributed by atoms with van der Waals surface area (Å²) < 4.78 is 7.03. The molecule has 0 unspecified atom stereocenters. The Bertz CT molecular complexity index is 981. The second-order valence-corrected chi connectivity index (χ2v) is 7.10. The van der Waals surface area contributed by atoms with Gasteiger partial charge in [0.05, 0.1) is 12.8 Å². The lowest BCUT2D eigenvalue weighted by Crippen LogP contribution is -2.26. The first-order valence-electron chi connectivity index (χ1n) is 8.37. The lowest BCUT2D eigenvalue weighted by atomic mass is 10.1. The summed E-state index contributed by atoms with van der Waals surface area (Å²) in [6.45, 7) is 0.409.